The predicted molar refractivity (Wildman–Crippen MR) is 96.8 cm³/mol. The van der Waals surface area contributed by atoms with Crippen molar-refractivity contribution in [2.24, 2.45) is 5.73 Å². The summed E-state index contributed by atoms with van der Waals surface area (Å²) in [6, 6.07) is 6.25. The fraction of sp³-hybridized carbons (Fsp3) is 0.278. The van der Waals surface area contributed by atoms with Crippen molar-refractivity contribution in [3.63, 3.8) is 0 Å². The Morgan fingerprint density at radius 1 is 1.19 bits per heavy atom. The fourth-order valence-corrected chi connectivity index (χ4v) is 4.18. The van der Waals surface area contributed by atoms with Crippen LogP contribution in [0.5, 0.6) is 5.75 Å². The van der Waals surface area contributed by atoms with Gasteiger partial charge in [0.05, 0.1) is 18.2 Å². The van der Waals surface area contributed by atoms with Gasteiger partial charge >= 0.3 is 5.97 Å². The summed E-state index contributed by atoms with van der Waals surface area (Å²) in [5.74, 6) is -0.917. The first-order chi connectivity index (χ1) is 12.5. The Bertz CT molecular complexity index is 857. The molecule has 0 aliphatic heterocycles. The monoisotopic (exact) mass is 374 g/mol. The first-order valence-electron chi connectivity index (χ1n) is 8.05. The number of anilines is 1. The molecular formula is C18H18N2O5S. The molecule has 0 unspecified atom stereocenters. The number of primary amides is 1. The minimum atomic E-state index is -0.529. The third-order valence-electron chi connectivity index (χ3n) is 4.07. The van der Waals surface area contributed by atoms with Crippen LogP contribution >= 0.6 is 11.3 Å². The fourth-order valence-electron chi connectivity index (χ4n) is 2.87. The average Bonchev–Trinajstić information content (AvgIpc) is 3.20. The number of benzene rings is 1. The molecule has 1 aliphatic carbocycles. The molecule has 3 rings (SSSR count). The molecule has 7 nitrogen and oxygen atoms in total. The molecule has 0 fully saturated rings. The van der Waals surface area contributed by atoms with Crippen molar-refractivity contribution in [2.75, 3.05) is 19.0 Å². The second kappa shape index (κ2) is 7.57. The van der Waals surface area contributed by atoms with Gasteiger partial charge in [-0.25, -0.2) is 4.79 Å². The van der Waals surface area contributed by atoms with Gasteiger partial charge in [-0.1, -0.05) is 0 Å². The summed E-state index contributed by atoms with van der Waals surface area (Å²) in [5, 5.41) is 3.19. The molecule has 0 atom stereocenters. The molecule has 8 heteroatoms. The zero-order valence-corrected chi connectivity index (χ0v) is 15.0. The van der Waals surface area contributed by atoms with Crippen LogP contribution in [0, 0.1) is 0 Å². The SMILES string of the molecule is COC(=O)c1ccc(OCC(=O)Nc2sc3c(c2C(N)=O)CCC3)cc1. The molecule has 136 valence electrons. The molecule has 3 N–H and O–H groups in total. The Kier molecular flexibility index (Phi) is 5.22. The van der Waals surface area contributed by atoms with E-state index in [4.69, 9.17) is 10.5 Å². The van der Waals surface area contributed by atoms with Crippen LogP contribution in [0.3, 0.4) is 0 Å². The van der Waals surface area contributed by atoms with Gasteiger partial charge in [0.1, 0.15) is 10.8 Å². The molecule has 0 spiro atoms. The number of hydrogen-bond donors (Lipinski definition) is 2. The number of ether oxygens (including phenoxy) is 2. The number of nitrogens with one attached hydrogen (secondary N) is 1. The van der Waals surface area contributed by atoms with Crippen molar-refractivity contribution in [2.45, 2.75) is 19.3 Å². The van der Waals surface area contributed by atoms with Crippen LogP contribution in [0.1, 0.15) is 37.6 Å². The quantitative estimate of drug-likeness (QED) is 0.753. The number of methoxy groups -OCH3 is 1. The van der Waals surface area contributed by atoms with E-state index in [0.717, 1.165) is 29.7 Å². The lowest BCUT2D eigenvalue weighted by atomic mass is 10.1. The van der Waals surface area contributed by atoms with Gasteiger partial charge in [-0.15, -0.1) is 11.3 Å². The molecule has 2 aromatic rings. The van der Waals surface area contributed by atoms with Gasteiger partial charge in [-0.2, -0.15) is 0 Å². The van der Waals surface area contributed by atoms with E-state index < -0.39 is 11.9 Å². The largest absolute Gasteiger partial charge is 0.484 e. The maximum absolute atomic E-state index is 12.2. The predicted octanol–water partition coefficient (Wildman–Crippen LogP) is 2.14. The molecule has 0 radical (unpaired) electrons. The van der Waals surface area contributed by atoms with Crippen LogP contribution in [0.25, 0.3) is 0 Å². The van der Waals surface area contributed by atoms with E-state index in [1.807, 2.05) is 0 Å². The maximum atomic E-state index is 12.2. The van der Waals surface area contributed by atoms with E-state index in [1.165, 1.54) is 18.4 Å². The highest BCUT2D eigenvalue weighted by Crippen LogP contribution is 2.38. The Labute approximate surface area is 154 Å². The summed E-state index contributed by atoms with van der Waals surface area (Å²) in [6.07, 6.45) is 2.71. The number of aryl methyl sites for hydroxylation is 1. The molecule has 1 aliphatic rings. The van der Waals surface area contributed by atoms with Crippen molar-refractivity contribution < 1.29 is 23.9 Å². The highest BCUT2D eigenvalue weighted by atomic mass is 32.1. The molecule has 2 amide bonds. The Balaban J connectivity index is 1.61. The number of hydrogen-bond acceptors (Lipinski definition) is 6. The van der Waals surface area contributed by atoms with Crippen molar-refractivity contribution >= 4 is 34.1 Å². The van der Waals surface area contributed by atoms with Crippen molar-refractivity contribution in [1.29, 1.82) is 0 Å². The molecule has 1 aromatic carbocycles. The highest BCUT2D eigenvalue weighted by molar-refractivity contribution is 7.17. The number of carbonyl (C=O) groups is 3. The summed E-state index contributed by atoms with van der Waals surface area (Å²) < 4.78 is 10.0. The lowest BCUT2D eigenvalue weighted by Gasteiger charge is -2.08. The minimum Gasteiger partial charge on any atom is -0.484 e. The van der Waals surface area contributed by atoms with Crippen LogP contribution in [0.2, 0.25) is 0 Å². The number of amides is 2. The standard InChI is InChI=1S/C18H18N2O5S/c1-24-18(23)10-5-7-11(8-6-10)25-9-14(21)20-17-15(16(19)22)12-3-2-4-13(12)26-17/h5-8H,2-4,9H2,1H3,(H2,19,22)(H,20,21). The van der Waals surface area contributed by atoms with Gasteiger partial charge < -0.3 is 20.5 Å². The third-order valence-corrected chi connectivity index (χ3v) is 5.27. The van der Waals surface area contributed by atoms with Crippen molar-refractivity contribution in [1.82, 2.24) is 0 Å². The molecular weight excluding hydrogens is 356 g/mol. The van der Waals surface area contributed by atoms with Crippen LogP contribution in [-0.4, -0.2) is 31.5 Å². The van der Waals surface area contributed by atoms with Gasteiger partial charge in [-0.3, -0.25) is 9.59 Å². The van der Waals surface area contributed by atoms with Crippen molar-refractivity contribution in [3.8, 4) is 5.75 Å². The van der Waals surface area contributed by atoms with E-state index in [9.17, 15) is 14.4 Å². The minimum absolute atomic E-state index is 0.224. The van der Waals surface area contributed by atoms with Gasteiger partial charge in [0.25, 0.3) is 11.8 Å². The van der Waals surface area contributed by atoms with Crippen LogP contribution in [0.4, 0.5) is 5.00 Å². The smallest absolute Gasteiger partial charge is 0.337 e. The molecule has 26 heavy (non-hydrogen) atoms. The lowest BCUT2D eigenvalue weighted by Crippen LogP contribution is -2.22. The normalized spacial score (nSPS) is 12.3. The maximum Gasteiger partial charge on any atom is 0.337 e. The number of thiophene rings is 1. The second-order valence-electron chi connectivity index (χ2n) is 5.78. The number of rotatable bonds is 6. The summed E-state index contributed by atoms with van der Waals surface area (Å²) in [4.78, 5) is 36.4. The van der Waals surface area contributed by atoms with Gasteiger partial charge in [-0.05, 0) is 49.1 Å². The van der Waals surface area contributed by atoms with E-state index >= 15 is 0 Å². The molecule has 1 aromatic heterocycles. The lowest BCUT2D eigenvalue weighted by molar-refractivity contribution is -0.118. The third kappa shape index (κ3) is 3.70. The van der Waals surface area contributed by atoms with Gasteiger partial charge in [0.2, 0.25) is 0 Å². The number of esters is 1. The summed E-state index contributed by atoms with van der Waals surface area (Å²) in [6.45, 7) is -0.224. The van der Waals surface area contributed by atoms with Gasteiger partial charge in [0, 0.05) is 4.88 Å². The Morgan fingerprint density at radius 2 is 1.92 bits per heavy atom. The summed E-state index contributed by atoms with van der Waals surface area (Å²) >= 11 is 1.39. The van der Waals surface area contributed by atoms with E-state index in [-0.39, 0.29) is 12.5 Å². The van der Waals surface area contributed by atoms with Crippen LogP contribution < -0.4 is 15.8 Å². The number of nitrogens with two attached hydrogens (primary N) is 1. The molecule has 0 saturated heterocycles. The molecule has 1 heterocycles. The van der Waals surface area contributed by atoms with E-state index in [2.05, 4.69) is 10.1 Å². The van der Waals surface area contributed by atoms with Crippen LogP contribution in [-0.2, 0) is 22.4 Å². The molecule has 0 bridgehead atoms. The Hall–Kier alpha value is -2.87. The topological polar surface area (TPSA) is 108 Å². The number of fused-ring (bicyclic) bond motifs is 1. The first kappa shape index (κ1) is 17.9. The summed E-state index contributed by atoms with van der Waals surface area (Å²) in [5.41, 5.74) is 7.23. The average molecular weight is 374 g/mol. The zero-order chi connectivity index (χ0) is 18.7. The van der Waals surface area contributed by atoms with E-state index in [1.54, 1.807) is 24.3 Å². The second-order valence-corrected chi connectivity index (χ2v) is 6.88. The van der Waals surface area contributed by atoms with Gasteiger partial charge in [0.15, 0.2) is 6.61 Å². The highest BCUT2D eigenvalue weighted by Gasteiger charge is 2.26. The zero-order valence-electron chi connectivity index (χ0n) is 14.2. The Morgan fingerprint density at radius 3 is 2.58 bits per heavy atom. The van der Waals surface area contributed by atoms with Crippen LogP contribution in [0.15, 0.2) is 24.3 Å². The summed E-state index contributed by atoms with van der Waals surface area (Å²) in [7, 11) is 1.30. The number of carbonyl (C=O) groups excluding carboxylic acids is 3. The first-order valence-corrected chi connectivity index (χ1v) is 8.86. The van der Waals surface area contributed by atoms with Crippen molar-refractivity contribution in [3.05, 3.63) is 45.8 Å². The van der Waals surface area contributed by atoms with E-state index in [0.29, 0.717) is 21.9 Å². The molecule has 0 saturated carbocycles.